The Morgan fingerprint density at radius 1 is 1.40 bits per heavy atom. The molecule has 1 amide bonds. The Labute approximate surface area is 120 Å². The van der Waals surface area contributed by atoms with Gasteiger partial charge < -0.3 is 20.1 Å². The van der Waals surface area contributed by atoms with Gasteiger partial charge in [-0.3, -0.25) is 4.79 Å². The number of anilines is 1. The smallest absolute Gasteiger partial charge is 0.268 e. The molecule has 112 valence electrons. The Hall–Kier alpha value is -1.14. The fourth-order valence-electron chi connectivity index (χ4n) is 2.12. The maximum absolute atomic E-state index is 11.9. The average molecular weight is 299 g/mol. The van der Waals surface area contributed by atoms with Crippen molar-refractivity contribution in [2.45, 2.75) is 0 Å². The van der Waals surface area contributed by atoms with E-state index in [9.17, 15) is 4.79 Å². The second kappa shape index (κ2) is 6.54. The van der Waals surface area contributed by atoms with E-state index >= 15 is 0 Å². The number of rotatable bonds is 5. The van der Waals surface area contributed by atoms with E-state index in [1.165, 1.54) is 0 Å². The third-order valence-corrected chi connectivity index (χ3v) is 5.17. The number of hydrogen-bond acceptors (Lipinski definition) is 5. The summed E-state index contributed by atoms with van der Waals surface area (Å²) < 4.78 is 11.9. The van der Waals surface area contributed by atoms with Crippen molar-refractivity contribution in [1.82, 2.24) is 19.2 Å². The molecule has 0 bridgehead atoms. The molecule has 2 rings (SSSR count). The molecule has 0 radical (unpaired) electrons. The van der Waals surface area contributed by atoms with Crippen LogP contribution in [0.3, 0.4) is 0 Å². The molecule has 0 aliphatic carbocycles. The lowest BCUT2D eigenvalue weighted by Crippen LogP contribution is -2.29. The summed E-state index contributed by atoms with van der Waals surface area (Å²) in [5, 5.41) is 2.84. The largest absolute Gasteiger partial charge is 0.397 e. The van der Waals surface area contributed by atoms with E-state index in [2.05, 4.69) is 28.8 Å². The van der Waals surface area contributed by atoms with Crippen LogP contribution in [-0.4, -0.2) is 60.2 Å². The summed E-state index contributed by atoms with van der Waals surface area (Å²) in [7, 11) is 5.25. The number of nitrogens with one attached hydrogen (secondary N) is 1. The molecule has 7 nitrogen and oxygen atoms in total. The van der Waals surface area contributed by atoms with Gasteiger partial charge in [0, 0.05) is 32.9 Å². The van der Waals surface area contributed by atoms with Gasteiger partial charge >= 0.3 is 0 Å². The number of hydrogen-bond donors (Lipinski definition) is 2. The molecule has 8 heteroatoms. The van der Waals surface area contributed by atoms with Crippen LogP contribution in [0.5, 0.6) is 0 Å². The number of likely N-dealkylation sites (N-methyl/N-ethyl adjacent to an activating group) is 2. The first-order valence-corrected chi connectivity index (χ1v) is 7.70. The van der Waals surface area contributed by atoms with Crippen molar-refractivity contribution in [1.29, 1.82) is 0 Å². The average Bonchev–Trinajstić information content (AvgIpc) is 2.89. The van der Waals surface area contributed by atoms with E-state index in [1.807, 2.05) is 0 Å². The van der Waals surface area contributed by atoms with Crippen molar-refractivity contribution >= 4 is 20.0 Å². The molecule has 0 unspecified atom stereocenters. The summed E-state index contributed by atoms with van der Waals surface area (Å²) in [6.07, 6.45) is 1.72. The van der Waals surface area contributed by atoms with Crippen molar-refractivity contribution in [3.05, 3.63) is 18.0 Å². The number of carbonyl (C=O) groups excluding carboxylic acids is 1. The second-order valence-corrected chi connectivity index (χ2v) is 7.00. The van der Waals surface area contributed by atoms with E-state index in [-0.39, 0.29) is 5.91 Å². The molecule has 20 heavy (non-hydrogen) atoms. The molecule has 1 aromatic rings. The summed E-state index contributed by atoms with van der Waals surface area (Å²) in [6, 6.07) is 1.67. The number of aromatic nitrogens is 1. The van der Waals surface area contributed by atoms with E-state index in [0.717, 1.165) is 13.1 Å². The number of amides is 1. The quantitative estimate of drug-likeness (QED) is 0.610. The highest BCUT2D eigenvalue weighted by Crippen LogP contribution is 2.46. The molecule has 3 N–H and O–H groups in total. The third kappa shape index (κ3) is 3.49. The first-order chi connectivity index (χ1) is 9.49. The first-order valence-electron chi connectivity index (χ1n) is 6.54. The zero-order valence-corrected chi connectivity index (χ0v) is 13.1. The monoisotopic (exact) mass is 299 g/mol. The predicted octanol–water partition coefficient (Wildman–Crippen LogP) is 0.458. The molecular weight excluding hydrogens is 277 g/mol. The van der Waals surface area contributed by atoms with Gasteiger partial charge in [-0.25, -0.2) is 9.34 Å². The van der Waals surface area contributed by atoms with Crippen LogP contribution >= 0.6 is 8.45 Å². The van der Waals surface area contributed by atoms with Crippen molar-refractivity contribution in [3.63, 3.8) is 0 Å². The second-order valence-electron chi connectivity index (χ2n) is 4.87. The van der Waals surface area contributed by atoms with E-state index in [1.54, 1.807) is 23.9 Å². The number of aryl methyl sites for hydroxylation is 1. The number of carbonyl (C=O) groups is 1. The minimum absolute atomic E-state index is 0.131. The lowest BCUT2D eigenvalue weighted by Gasteiger charge is -2.23. The fraction of sp³-hybridized carbons (Fsp3) is 0.583. The zero-order valence-electron chi connectivity index (χ0n) is 12.2. The van der Waals surface area contributed by atoms with Crippen LogP contribution in [0, 0.1) is 0 Å². The minimum Gasteiger partial charge on any atom is -0.397 e. The van der Waals surface area contributed by atoms with E-state index in [4.69, 9.17) is 10.3 Å². The standard InChI is InChI=1S/C12H22N5O2P/c1-15-9-10(13)8-11(15)12(18)14-4-7-19-20-16(2)5-6-17(20)3/h8-9H,4-7,13H2,1-3H3,(H,14,18). The lowest BCUT2D eigenvalue weighted by atomic mass is 10.4. The highest BCUT2D eigenvalue weighted by atomic mass is 31.2. The number of nitrogen functional groups attached to an aromatic ring is 1. The fourth-order valence-corrected chi connectivity index (χ4v) is 3.81. The van der Waals surface area contributed by atoms with Crippen LogP contribution < -0.4 is 11.1 Å². The maximum atomic E-state index is 11.9. The molecule has 1 aromatic heterocycles. The Balaban J connectivity index is 1.73. The highest BCUT2D eigenvalue weighted by molar-refractivity contribution is 7.47. The molecule has 1 fully saturated rings. The Kier molecular flexibility index (Phi) is 4.99. The molecule has 0 spiro atoms. The predicted molar refractivity (Wildman–Crippen MR) is 80.3 cm³/mol. The van der Waals surface area contributed by atoms with Crippen molar-refractivity contribution in [2.75, 3.05) is 46.1 Å². The molecular formula is C12H22N5O2P. The topological polar surface area (TPSA) is 75.8 Å². The molecule has 0 atom stereocenters. The highest BCUT2D eigenvalue weighted by Gasteiger charge is 2.27. The van der Waals surface area contributed by atoms with Gasteiger partial charge in [-0.2, -0.15) is 0 Å². The summed E-state index contributed by atoms with van der Waals surface area (Å²) >= 11 is 0. The molecule has 2 heterocycles. The molecule has 1 saturated heterocycles. The van der Waals surface area contributed by atoms with Gasteiger partial charge in [0.05, 0.1) is 12.3 Å². The zero-order chi connectivity index (χ0) is 14.7. The summed E-state index contributed by atoms with van der Waals surface area (Å²) in [4.78, 5) is 11.9. The lowest BCUT2D eigenvalue weighted by molar-refractivity contribution is 0.0939. The Morgan fingerprint density at radius 2 is 2.05 bits per heavy atom. The maximum Gasteiger partial charge on any atom is 0.268 e. The van der Waals surface area contributed by atoms with E-state index < -0.39 is 8.45 Å². The Morgan fingerprint density at radius 3 is 2.60 bits per heavy atom. The van der Waals surface area contributed by atoms with Gasteiger partial charge in [-0.05, 0) is 20.2 Å². The van der Waals surface area contributed by atoms with Crippen LogP contribution in [0.25, 0.3) is 0 Å². The summed E-state index contributed by atoms with van der Waals surface area (Å²) in [5.74, 6) is -0.131. The summed E-state index contributed by atoms with van der Waals surface area (Å²) in [6.45, 7) is 3.05. The third-order valence-electron chi connectivity index (χ3n) is 3.18. The van der Waals surface area contributed by atoms with Crippen molar-refractivity contribution in [2.24, 2.45) is 7.05 Å². The molecule has 0 aromatic carbocycles. The van der Waals surface area contributed by atoms with Crippen LogP contribution in [0.2, 0.25) is 0 Å². The van der Waals surface area contributed by atoms with Gasteiger partial charge in [0.15, 0.2) is 8.45 Å². The molecule has 1 aliphatic rings. The number of nitrogens with zero attached hydrogens (tertiary/aromatic N) is 3. The van der Waals surface area contributed by atoms with Crippen LogP contribution in [0.1, 0.15) is 10.5 Å². The van der Waals surface area contributed by atoms with Crippen LogP contribution in [0.4, 0.5) is 5.69 Å². The van der Waals surface area contributed by atoms with Crippen LogP contribution in [0.15, 0.2) is 12.3 Å². The van der Waals surface area contributed by atoms with Crippen molar-refractivity contribution in [3.8, 4) is 0 Å². The van der Waals surface area contributed by atoms with Gasteiger partial charge in [0.25, 0.3) is 5.91 Å². The summed E-state index contributed by atoms with van der Waals surface area (Å²) in [5.41, 5.74) is 6.80. The normalized spacial score (nSPS) is 17.8. The first kappa shape index (κ1) is 15.3. The van der Waals surface area contributed by atoms with Gasteiger partial charge in [0.2, 0.25) is 0 Å². The SMILES string of the molecule is CN1CCN(C)P1OCCNC(=O)c1cc(N)cn1C. The Bertz CT molecular complexity index is 468. The molecule has 0 saturated carbocycles. The van der Waals surface area contributed by atoms with Crippen LogP contribution in [-0.2, 0) is 11.6 Å². The molecule has 1 aliphatic heterocycles. The van der Waals surface area contributed by atoms with E-state index in [0.29, 0.717) is 24.5 Å². The van der Waals surface area contributed by atoms with Crippen molar-refractivity contribution < 1.29 is 9.32 Å². The van der Waals surface area contributed by atoms with Gasteiger partial charge in [-0.1, -0.05) is 0 Å². The number of nitrogens with two attached hydrogens (primary N) is 1. The minimum atomic E-state index is -0.665. The van der Waals surface area contributed by atoms with Gasteiger partial charge in [-0.15, -0.1) is 0 Å². The van der Waals surface area contributed by atoms with Gasteiger partial charge in [0.1, 0.15) is 5.69 Å².